The molecule has 0 aliphatic carbocycles. The second-order valence-electron chi connectivity index (χ2n) is 4.28. The monoisotopic (exact) mass is 366 g/mol. The van der Waals surface area contributed by atoms with Crippen molar-refractivity contribution in [1.29, 1.82) is 5.26 Å². The van der Waals surface area contributed by atoms with Gasteiger partial charge >= 0.3 is 0 Å². The molecule has 0 radical (unpaired) electrons. The summed E-state index contributed by atoms with van der Waals surface area (Å²) in [6, 6.07) is 13.7. The Bertz CT molecular complexity index is 783. The second-order valence-corrected chi connectivity index (χ2v) is 6.40. The molecule has 7 heteroatoms. The van der Waals surface area contributed by atoms with Crippen LogP contribution in [0.5, 0.6) is 0 Å². The summed E-state index contributed by atoms with van der Waals surface area (Å²) in [5.74, 6) is -0.995. The minimum absolute atomic E-state index is 0.0825. The SMILES string of the molecule is N#C/C(NC(=O)c1ccc(F)cc1)=C(/Cl)Sc1ccc(Cl)cc1. The zero-order valence-electron chi connectivity index (χ0n) is 11.5. The lowest BCUT2D eigenvalue weighted by Gasteiger charge is -2.06. The van der Waals surface area contributed by atoms with Gasteiger partial charge in [0.05, 0.1) is 0 Å². The lowest BCUT2D eigenvalue weighted by Crippen LogP contribution is -2.22. The predicted molar refractivity (Wildman–Crippen MR) is 89.7 cm³/mol. The van der Waals surface area contributed by atoms with Crippen molar-refractivity contribution in [1.82, 2.24) is 5.32 Å². The minimum Gasteiger partial charge on any atom is -0.311 e. The quantitative estimate of drug-likeness (QED) is 0.616. The third kappa shape index (κ3) is 5.00. The summed E-state index contributed by atoms with van der Waals surface area (Å²) in [4.78, 5) is 12.8. The Kier molecular flexibility index (Phi) is 6.05. The number of nitrogens with zero attached hydrogens (tertiary/aromatic N) is 1. The molecule has 0 heterocycles. The normalized spacial score (nSPS) is 11.4. The highest BCUT2D eigenvalue weighted by molar-refractivity contribution is 8.04. The van der Waals surface area contributed by atoms with Gasteiger partial charge in [0.15, 0.2) is 0 Å². The summed E-state index contributed by atoms with van der Waals surface area (Å²) in [5, 5.41) is 12.2. The van der Waals surface area contributed by atoms with Gasteiger partial charge in [-0.05, 0) is 48.5 Å². The van der Waals surface area contributed by atoms with Gasteiger partial charge in [-0.15, -0.1) is 0 Å². The Hall–Kier alpha value is -2.00. The number of allylic oxidation sites excluding steroid dienone is 1. The van der Waals surface area contributed by atoms with E-state index < -0.39 is 11.7 Å². The van der Waals surface area contributed by atoms with Gasteiger partial charge in [0.2, 0.25) is 0 Å². The van der Waals surface area contributed by atoms with Gasteiger partial charge in [0, 0.05) is 15.5 Å². The first kappa shape index (κ1) is 17.4. The Morgan fingerprint density at radius 2 is 1.74 bits per heavy atom. The minimum atomic E-state index is -0.545. The van der Waals surface area contributed by atoms with E-state index in [-0.39, 0.29) is 15.6 Å². The number of hydrogen-bond acceptors (Lipinski definition) is 3. The third-order valence-corrected chi connectivity index (χ3v) is 4.24. The van der Waals surface area contributed by atoms with Crippen molar-refractivity contribution in [2.24, 2.45) is 0 Å². The van der Waals surface area contributed by atoms with Crippen LogP contribution in [0, 0.1) is 17.1 Å². The first-order valence-electron chi connectivity index (χ1n) is 6.30. The molecular weight excluding hydrogens is 358 g/mol. The molecule has 0 saturated carbocycles. The number of nitriles is 1. The van der Waals surface area contributed by atoms with Crippen LogP contribution < -0.4 is 5.32 Å². The van der Waals surface area contributed by atoms with Crippen molar-refractivity contribution in [3.8, 4) is 6.07 Å². The first-order valence-corrected chi connectivity index (χ1v) is 7.87. The number of halogens is 3. The van der Waals surface area contributed by atoms with E-state index in [1.807, 2.05) is 6.07 Å². The van der Waals surface area contributed by atoms with E-state index in [1.165, 1.54) is 12.1 Å². The van der Waals surface area contributed by atoms with E-state index in [2.05, 4.69) is 5.32 Å². The molecule has 0 saturated heterocycles. The summed E-state index contributed by atoms with van der Waals surface area (Å²) >= 11 is 13.0. The number of carbonyl (C=O) groups is 1. The van der Waals surface area contributed by atoms with Crippen molar-refractivity contribution in [2.45, 2.75) is 4.90 Å². The van der Waals surface area contributed by atoms with Crippen LogP contribution in [0.1, 0.15) is 10.4 Å². The van der Waals surface area contributed by atoms with E-state index in [0.717, 1.165) is 28.8 Å². The molecule has 2 aromatic carbocycles. The van der Waals surface area contributed by atoms with Gasteiger partial charge in [-0.3, -0.25) is 4.79 Å². The summed E-state index contributed by atoms with van der Waals surface area (Å²) < 4.78 is 13.0. The number of carbonyl (C=O) groups excluding carboxylic acids is 1. The van der Waals surface area contributed by atoms with Gasteiger partial charge in [-0.25, -0.2) is 4.39 Å². The van der Waals surface area contributed by atoms with Crippen LogP contribution in [0.2, 0.25) is 5.02 Å². The molecule has 0 aromatic heterocycles. The third-order valence-electron chi connectivity index (χ3n) is 2.67. The first-order chi connectivity index (χ1) is 11.0. The van der Waals surface area contributed by atoms with Crippen LogP contribution >= 0.6 is 35.0 Å². The largest absolute Gasteiger partial charge is 0.311 e. The fourth-order valence-electron chi connectivity index (χ4n) is 1.57. The number of nitrogens with one attached hydrogen (secondary N) is 1. The van der Waals surface area contributed by atoms with Gasteiger partial charge in [-0.2, -0.15) is 5.26 Å². The van der Waals surface area contributed by atoms with E-state index in [4.69, 9.17) is 28.5 Å². The number of benzene rings is 2. The fraction of sp³-hybridized carbons (Fsp3) is 0. The lowest BCUT2D eigenvalue weighted by atomic mass is 10.2. The highest BCUT2D eigenvalue weighted by Gasteiger charge is 2.12. The molecule has 0 bridgehead atoms. The summed E-state index contributed by atoms with van der Waals surface area (Å²) in [6.45, 7) is 0. The van der Waals surface area contributed by atoms with Gasteiger partial charge in [0.1, 0.15) is 21.9 Å². The topological polar surface area (TPSA) is 52.9 Å². The number of thioether (sulfide) groups is 1. The molecule has 2 aromatic rings. The number of hydrogen-bond donors (Lipinski definition) is 1. The average Bonchev–Trinajstić information content (AvgIpc) is 2.55. The molecule has 0 fully saturated rings. The number of rotatable bonds is 4. The highest BCUT2D eigenvalue weighted by atomic mass is 35.5. The van der Waals surface area contributed by atoms with Crippen molar-refractivity contribution in [2.75, 3.05) is 0 Å². The van der Waals surface area contributed by atoms with Crippen LogP contribution in [0.25, 0.3) is 0 Å². The zero-order chi connectivity index (χ0) is 16.8. The molecule has 0 aliphatic rings. The Labute approximate surface area is 146 Å². The van der Waals surface area contributed by atoms with E-state index in [9.17, 15) is 9.18 Å². The summed E-state index contributed by atoms with van der Waals surface area (Å²) in [5.41, 5.74) is 0.140. The maximum atomic E-state index is 12.9. The van der Waals surface area contributed by atoms with Crippen LogP contribution in [-0.4, -0.2) is 5.91 Å². The van der Waals surface area contributed by atoms with E-state index in [0.29, 0.717) is 5.02 Å². The molecule has 0 atom stereocenters. The molecule has 23 heavy (non-hydrogen) atoms. The Balaban J connectivity index is 2.14. The average molecular weight is 367 g/mol. The molecule has 3 nitrogen and oxygen atoms in total. The van der Waals surface area contributed by atoms with Crippen LogP contribution in [0.15, 0.2) is 63.5 Å². The lowest BCUT2D eigenvalue weighted by molar-refractivity contribution is 0.0967. The molecule has 0 aliphatic heterocycles. The highest BCUT2D eigenvalue weighted by Crippen LogP contribution is 2.31. The molecule has 1 amide bonds. The smallest absolute Gasteiger partial charge is 0.256 e. The molecule has 2 rings (SSSR count). The number of amides is 1. The maximum Gasteiger partial charge on any atom is 0.256 e. The molecular formula is C16H9Cl2FN2OS. The molecule has 0 unspecified atom stereocenters. The molecule has 0 spiro atoms. The van der Waals surface area contributed by atoms with Gasteiger partial charge < -0.3 is 5.32 Å². The van der Waals surface area contributed by atoms with Crippen molar-refractivity contribution < 1.29 is 9.18 Å². The van der Waals surface area contributed by atoms with Gasteiger partial charge in [-0.1, -0.05) is 35.0 Å². The Morgan fingerprint density at radius 1 is 1.13 bits per heavy atom. The Morgan fingerprint density at radius 3 is 2.30 bits per heavy atom. The second kappa shape index (κ2) is 8.02. The van der Waals surface area contributed by atoms with Crippen molar-refractivity contribution in [3.05, 3.63) is 75.0 Å². The molecule has 1 N–H and O–H groups in total. The van der Waals surface area contributed by atoms with E-state index >= 15 is 0 Å². The fourth-order valence-corrected chi connectivity index (χ4v) is 2.73. The standard InChI is InChI=1S/C16H9Cl2FN2OS/c17-11-3-7-13(8-4-11)23-15(18)14(9-20)21-16(22)10-1-5-12(19)6-2-10/h1-8H,(H,21,22)/b15-14+. The van der Waals surface area contributed by atoms with Gasteiger partial charge in [0.25, 0.3) is 5.91 Å². The van der Waals surface area contributed by atoms with Crippen LogP contribution in [0.3, 0.4) is 0 Å². The molecule has 116 valence electrons. The maximum absolute atomic E-state index is 12.9. The summed E-state index contributed by atoms with van der Waals surface area (Å²) in [7, 11) is 0. The van der Waals surface area contributed by atoms with Crippen LogP contribution in [0.4, 0.5) is 4.39 Å². The van der Waals surface area contributed by atoms with E-state index in [1.54, 1.807) is 24.3 Å². The van der Waals surface area contributed by atoms with Crippen LogP contribution in [-0.2, 0) is 0 Å². The summed E-state index contributed by atoms with van der Waals surface area (Å²) in [6.07, 6.45) is 0. The zero-order valence-corrected chi connectivity index (χ0v) is 13.8. The van der Waals surface area contributed by atoms with Crippen molar-refractivity contribution in [3.63, 3.8) is 0 Å². The van der Waals surface area contributed by atoms with Crippen molar-refractivity contribution >= 4 is 40.9 Å². The predicted octanol–water partition coefficient (Wildman–Crippen LogP) is 4.93.